The fourth-order valence-electron chi connectivity index (χ4n) is 5.63. The zero-order chi connectivity index (χ0) is 22.9. The molecule has 0 spiro atoms. The van der Waals surface area contributed by atoms with E-state index in [9.17, 15) is 9.18 Å². The molecular weight excluding hydrogens is 419 g/mol. The summed E-state index contributed by atoms with van der Waals surface area (Å²) in [7, 11) is 0. The lowest BCUT2D eigenvalue weighted by Crippen LogP contribution is -2.41. The third kappa shape index (κ3) is 4.57. The first-order valence-corrected chi connectivity index (χ1v) is 11.8. The summed E-state index contributed by atoms with van der Waals surface area (Å²) in [5.74, 6) is 0.0429. The van der Waals surface area contributed by atoms with E-state index in [1.165, 1.54) is 24.0 Å². The molecule has 1 saturated carbocycles. The second-order valence-corrected chi connectivity index (χ2v) is 9.62. The number of amides is 1. The maximum atomic E-state index is 14.5. The summed E-state index contributed by atoms with van der Waals surface area (Å²) >= 11 is 0. The van der Waals surface area contributed by atoms with Crippen molar-refractivity contribution >= 4 is 23.4 Å². The standard InChI is InChI=1S/C25H31FN6O/c1-14-9-19(7-6-16(14)10-15-3-2-8-28-12-15)30-25-29-13-20(26)24(32-25)31-22-18-5-4-17(11-18)21(22)23(27)33/h4-7,9,13,15,17-18,21-22,28H,2-3,8,10-12H2,1H3,(H2,27,33)(H2,29,30,31,32). The molecule has 8 heteroatoms. The first-order chi connectivity index (χ1) is 16.0. The predicted molar refractivity (Wildman–Crippen MR) is 127 cm³/mol. The Hall–Kier alpha value is -3.00. The fourth-order valence-corrected chi connectivity index (χ4v) is 5.63. The van der Waals surface area contributed by atoms with E-state index in [1.54, 1.807) is 0 Å². The van der Waals surface area contributed by atoms with Crippen LogP contribution < -0.4 is 21.7 Å². The number of fused-ring (bicyclic) bond motifs is 2. The van der Waals surface area contributed by atoms with Gasteiger partial charge in [-0.05, 0) is 86.7 Å². The highest BCUT2D eigenvalue weighted by atomic mass is 19.1. The highest BCUT2D eigenvalue weighted by Gasteiger charge is 2.47. The monoisotopic (exact) mass is 450 g/mol. The summed E-state index contributed by atoms with van der Waals surface area (Å²) in [5.41, 5.74) is 9.04. The van der Waals surface area contributed by atoms with Gasteiger partial charge in [-0.1, -0.05) is 18.2 Å². The second kappa shape index (κ2) is 9.09. The Kier molecular flexibility index (Phi) is 6.01. The molecule has 7 nitrogen and oxygen atoms in total. The van der Waals surface area contributed by atoms with E-state index >= 15 is 0 Å². The molecule has 2 bridgehead atoms. The van der Waals surface area contributed by atoms with Gasteiger partial charge in [0.25, 0.3) is 0 Å². The predicted octanol–water partition coefficient (Wildman–Crippen LogP) is 3.30. The number of rotatable bonds is 7. The van der Waals surface area contributed by atoms with Crippen LogP contribution in [-0.2, 0) is 11.2 Å². The van der Waals surface area contributed by atoms with Crippen molar-refractivity contribution < 1.29 is 9.18 Å². The van der Waals surface area contributed by atoms with Gasteiger partial charge in [-0.15, -0.1) is 0 Å². The molecule has 5 rings (SSSR count). The van der Waals surface area contributed by atoms with Crippen LogP contribution in [0.15, 0.2) is 36.5 Å². The van der Waals surface area contributed by atoms with E-state index in [4.69, 9.17) is 5.73 Å². The van der Waals surface area contributed by atoms with Gasteiger partial charge in [-0.25, -0.2) is 9.37 Å². The van der Waals surface area contributed by atoms with Gasteiger partial charge in [0, 0.05) is 11.7 Å². The maximum Gasteiger partial charge on any atom is 0.229 e. The summed E-state index contributed by atoms with van der Waals surface area (Å²) in [4.78, 5) is 20.4. The molecule has 2 fully saturated rings. The van der Waals surface area contributed by atoms with Gasteiger partial charge in [0.1, 0.15) is 0 Å². The quantitative estimate of drug-likeness (QED) is 0.483. The van der Waals surface area contributed by atoms with Crippen molar-refractivity contribution in [2.75, 3.05) is 23.7 Å². The number of piperidine rings is 1. The molecule has 1 saturated heterocycles. The van der Waals surface area contributed by atoms with Gasteiger partial charge < -0.3 is 21.7 Å². The molecule has 1 amide bonds. The van der Waals surface area contributed by atoms with E-state index in [2.05, 4.69) is 51.1 Å². The van der Waals surface area contributed by atoms with Gasteiger partial charge in [0.05, 0.1) is 12.1 Å². The lowest BCUT2D eigenvalue weighted by atomic mass is 9.88. The smallest absolute Gasteiger partial charge is 0.229 e. The lowest BCUT2D eigenvalue weighted by molar-refractivity contribution is -0.122. The van der Waals surface area contributed by atoms with Gasteiger partial charge in [-0.3, -0.25) is 4.79 Å². The lowest BCUT2D eigenvalue weighted by Gasteiger charge is -2.27. The van der Waals surface area contributed by atoms with Crippen LogP contribution in [0.25, 0.3) is 0 Å². The van der Waals surface area contributed by atoms with E-state index < -0.39 is 5.82 Å². The number of primary amides is 1. The van der Waals surface area contributed by atoms with Crippen LogP contribution in [-0.4, -0.2) is 35.0 Å². The Morgan fingerprint density at radius 3 is 2.91 bits per heavy atom. The van der Waals surface area contributed by atoms with Crippen LogP contribution >= 0.6 is 0 Å². The number of hydrogen-bond acceptors (Lipinski definition) is 6. The number of aryl methyl sites for hydroxylation is 1. The van der Waals surface area contributed by atoms with Crippen molar-refractivity contribution in [3.8, 4) is 0 Å². The van der Waals surface area contributed by atoms with Gasteiger partial charge in [0.15, 0.2) is 11.6 Å². The highest BCUT2D eigenvalue weighted by Crippen LogP contribution is 2.44. The third-order valence-corrected chi connectivity index (χ3v) is 7.34. The highest BCUT2D eigenvalue weighted by molar-refractivity contribution is 5.79. The zero-order valence-electron chi connectivity index (χ0n) is 18.9. The topological polar surface area (TPSA) is 105 Å². The van der Waals surface area contributed by atoms with Crippen LogP contribution in [0, 0.1) is 36.4 Å². The number of carbonyl (C=O) groups is 1. The Labute approximate surface area is 193 Å². The first kappa shape index (κ1) is 21.8. The van der Waals surface area contributed by atoms with Crippen molar-refractivity contribution in [3.63, 3.8) is 0 Å². The number of nitrogens with zero attached hydrogens (tertiary/aromatic N) is 2. The van der Waals surface area contributed by atoms with Gasteiger partial charge in [-0.2, -0.15) is 4.98 Å². The molecule has 1 aliphatic heterocycles. The first-order valence-electron chi connectivity index (χ1n) is 11.8. The summed E-state index contributed by atoms with van der Waals surface area (Å²) in [5, 5.41) is 9.81. The van der Waals surface area contributed by atoms with Gasteiger partial charge in [0.2, 0.25) is 11.9 Å². The Morgan fingerprint density at radius 1 is 1.30 bits per heavy atom. The molecule has 33 heavy (non-hydrogen) atoms. The maximum absolute atomic E-state index is 14.5. The van der Waals surface area contributed by atoms with Crippen LogP contribution in [0.2, 0.25) is 0 Å². The molecule has 2 aromatic rings. The van der Waals surface area contributed by atoms with E-state index in [1.807, 2.05) is 12.1 Å². The summed E-state index contributed by atoms with van der Waals surface area (Å²) in [6.07, 6.45) is 9.69. The van der Waals surface area contributed by atoms with Crippen molar-refractivity contribution in [1.29, 1.82) is 0 Å². The average molecular weight is 451 g/mol. The molecule has 3 aliphatic rings. The number of aromatic nitrogens is 2. The molecule has 2 heterocycles. The molecule has 1 aromatic carbocycles. The number of anilines is 3. The molecular formula is C25H31FN6O. The normalized spacial score (nSPS) is 28.1. The molecule has 5 atom stereocenters. The minimum absolute atomic E-state index is 0.0860. The number of allylic oxidation sites excluding steroid dienone is 1. The molecule has 1 aromatic heterocycles. The number of benzene rings is 1. The minimum atomic E-state index is -0.553. The number of nitrogens with two attached hydrogens (primary N) is 1. The number of carbonyl (C=O) groups excluding carboxylic acids is 1. The molecule has 5 unspecified atom stereocenters. The van der Waals surface area contributed by atoms with Gasteiger partial charge >= 0.3 is 0 Å². The van der Waals surface area contributed by atoms with E-state index in [-0.39, 0.29) is 35.5 Å². The summed E-state index contributed by atoms with van der Waals surface area (Å²) in [6.45, 7) is 4.31. The Bertz CT molecular complexity index is 1070. The Morgan fingerprint density at radius 2 is 2.15 bits per heavy atom. The van der Waals surface area contributed by atoms with Crippen LogP contribution in [0.4, 0.5) is 21.8 Å². The number of hydrogen-bond donors (Lipinski definition) is 4. The van der Waals surface area contributed by atoms with E-state index in [0.717, 1.165) is 37.8 Å². The number of halogens is 1. The summed E-state index contributed by atoms with van der Waals surface area (Å²) in [6, 6.07) is 5.98. The minimum Gasteiger partial charge on any atom is -0.369 e. The zero-order valence-corrected chi connectivity index (χ0v) is 18.9. The largest absolute Gasteiger partial charge is 0.369 e. The van der Waals surface area contributed by atoms with Crippen LogP contribution in [0.3, 0.4) is 0 Å². The van der Waals surface area contributed by atoms with Crippen molar-refractivity contribution in [1.82, 2.24) is 15.3 Å². The SMILES string of the molecule is Cc1cc(Nc2ncc(F)c(NC3C4C=CC(C4)C3C(N)=O)n2)ccc1CC1CCCNC1. The summed E-state index contributed by atoms with van der Waals surface area (Å²) < 4.78 is 14.5. The van der Waals surface area contributed by atoms with Crippen LogP contribution in [0.1, 0.15) is 30.4 Å². The number of nitrogens with one attached hydrogen (secondary N) is 3. The van der Waals surface area contributed by atoms with E-state index in [0.29, 0.717) is 11.9 Å². The molecule has 2 aliphatic carbocycles. The molecule has 5 N–H and O–H groups in total. The molecule has 0 radical (unpaired) electrons. The van der Waals surface area contributed by atoms with Crippen molar-refractivity contribution in [2.24, 2.45) is 29.4 Å². The van der Waals surface area contributed by atoms with Crippen molar-refractivity contribution in [2.45, 2.75) is 38.6 Å². The Balaban J connectivity index is 1.29. The molecule has 174 valence electrons. The second-order valence-electron chi connectivity index (χ2n) is 9.62. The van der Waals surface area contributed by atoms with Crippen LogP contribution in [0.5, 0.6) is 0 Å². The average Bonchev–Trinajstić information content (AvgIpc) is 3.40. The third-order valence-electron chi connectivity index (χ3n) is 7.34. The fraction of sp³-hybridized carbons (Fsp3) is 0.480. The van der Waals surface area contributed by atoms with Crippen molar-refractivity contribution in [3.05, 3.63) is 53.5 Å².